The molecule has 0 spiro atoms. The lowest BCUT2D eigenvalue weighted by atomic mass is 10.1. The number of halogens is 1. The smallest absolute Gasteiger partial charge is 0.291 e. The number of fused-ring (bicyclic) bond motifs is 1. The van der Waals surface area contributed by atoms with Gasteiger partial charge in [-0.25, -0.2) is 9.67 Å². The second-order valence-corrected chi connectivity index (χ2v) is 7.85. The van der Waals surface area contributed by atoms with Crippen LogP contribution in [0.25, 0.3) is 28.0 Å². The molecule has 7 nitrogen and oxygen atoms in total. The van der Waals surface area contributed by atoms with Crippen LogP contribution < -0.4 is 14.8 Å². The van der Waals surface area contributed by atoms with E-state index in [9.17, 15) is 4.79 Å². The van der Waals surface area contributed by atoms with Crippen molar-refractivity contribution in [2.45, 2.75) is 0 Å². The van der Waals surface area contributed by atoms with E-state index in [2.05, 4.69) is 10.1 Å². The maximum atomic E-state index is 12.6. The monoisotopic (exact) mass is 435 g/mol. The lowest BCUT2D eigenvalue weighted by Gasteiger charge is -2.05. The highest BCUT2D eigenvalue weighted by molar-refractivity contribution is 7.15. The van der Waals surface area contributed by atoms with Gasteiger partial charge in [0.2, 0.25) is 4.96 Å². The Morgan fingerprint density at radius 1 is 1.17 bits per heavy atom. The van der Waals surface area contributed by atoms with E-state index >= 15 is 0 Å². The first-order valence-electron chi connectivity index (χ1n) is 8.97. The molecule has 0 radical (unpaired) electrons. The molecule has 3 heterocycles. The summed E-state index contributed by atoms with van der Waals surface area (Å²) in [6.07, 6.45) is 5.07. The van der Waals surface area contributed by atoms with Crippen LogP contribution in [-0.4, -0.2) is 31.5 Å². The highest BCUT2D eigenvalue weighted by atomic mass is 35.5. The summed E-state index contributed by atoms with van der Waals surface area (Å²) in [6, 6.07) is 15.2. The first-order valence-corrected chi connectivity index (χ1v) is 10.2. The fourth-order valence-corrected chi connectivity index (χ4v) is 4.29. The normalized spacial score (nSPS) is 12.0. The summed E-state index contributed by atoms with van der Waals surface area (Å²) < 4.78 is 8.85. The van der Waals surface area contributed by atoms with Gasteiger partial charge in [0.1, 0.15) is 17.8 Å². The van der Waals surface area contributed by atoms with E-state index in [0.29, 0.717) is 26.0 Å². The summed E-state index contributed by atoms with van der Waals surface area (Å²) in [7, 11) is 1.57. The van der Waals surface area contributed by atoms with E-state index in [1.165, 1.54) is 22.2 Å². The number of rotatable bonds is 4. The van der Waals surface area contributed by atoms with Crippen LogP contribution in [0.2, 0.25) is 5.02 Å². The van der Waals surface area contributed by atoms with Crippen LogP contribution in [0.1, 0.15) is 5.56 Å². The predicted molar refractivity (Wildman–Crippen MR) is 116 cm³/mol. The van der Waals surface area contributed by atoms with E-state index in [1.54, 1.807) is 23.9 Å². The molecule has 0 aliphatic rings. The zero-order valence-electron chi connectivity index (χ0n) is 15.7. The lowest BCUT2D eigenvalue weighted by molar-refractivity contribution is 0.415. The second-order valence-electron chi connectivity index (χ2n) is 6.43. The van der Waals surface area contributed by atoms with E-state index in [-0.39, 0.29) is 5.56 Å². The number of hydrogen-bond acceptors (Lipinski definition) is 6. The molecule has 0 amide bonds. The van der Waals surface area contributed by atoms with Gasteiger partial charge >= 0.3 is 0 Å². The van der Waals surface area contributed by atoms with Gasteiger partial charge in [-0.05, 0) is 36.4 Å². The Morgan fingerprint density at radius 2 is 2.00 bits per heavy atom. The number of para-hydroxylation sites is 1. The summed E-state index contributed by atoms with van der Waals surface area (Å²) in [5, 5.41) is 9.23. The first kappa shape index (κ1) is 18.5. The van der Waals surface area contributed by atoms with Crippen LogP contribution >= 0.6 is 22.9 Å². The Kier molecular flexibility index (Phi) is 4.57. The predicted octanol–water partition coefficient (Wildman–Crippen LogP) is 3.21. The fraction of sp³-hybridized carbons (Fsp3) is 0.0476. The molecule has 0 aliphatic heterocycles. The summed E-state index contributed by atoms with van der Waals surface area (Å²) >= 11 is 7.62. The number of thiazole rings is 1. The van der Waals surface area contributed by atoms with E-state index < -0.39 is 0 Å². The van der Waals surface area contributed by atoms with Crippen LogP contribution in [0, 0.1) is 0 Å². The summed E-state index contributed by atoms with van der Waals surface area (Å²) in [5.41, 5.74) is 2.99. The molecule has 0 unspecified atom stereocenters. The Bertz CT molecular complexity index is 1470. The molecule has 0 saturated carbocycles. The van der Waals surface area contributed by atoms with Gasteiger partial charge in [0.15, 0.2) is 0 Å². The van der Waals surface area contributed by atoms with Crippen LogP contribution in [0.3, 0.4) is 0 Å². The Balaban J connectivity index is 1.72. The molecular formula is C21H14ClN5O2S. The van der Waals surface area contributed by atoms with Crippen molar-refractivity contribution < 1.29 is 4.74 Å². The topological polar surface area (TPSA) is 74.3 Å². The quantitative estimate of drug-likeness (QED) is 0.433. The first-order chi connectivity index (χ1) is 14.6. The van der Waals surface area contributed by atoms with Crippen molar-refractivity contribution in [3.05, 3.63) is 86.5 Å². The summed E-state index contributed by atoms with van der Waals surface area (Å²) in [4.78, 5) is 17.3. The maximum Gasteiger partial charge on any atom is 0.291 e. The van der Waals surface area contributed by atoms with Crippen LogP contribution in [-0.2, 0) is 0 Å². The average Bonchev–Trinajstić information content (AvgIpc) is 3.46. The summed E-state index contributed by atoms with van der Waals surface area (Å²) in [5.74, 6) is 0.584. The number of aromatic nitrogens is 5. The molecule has 9 heteroatoms. The van der Waals surface area contributed by atoms with E-state index in [0.717, 1.165) is 16.8 Å². The van der Waals surface area contributed by atoms with E-state index in [4.69, 9.17) is 21.4 Å². The van der Waals surface area contributed by atoms with Crippen molar-refractivity contribution in [1.82, 2.24) is 24.4 Å². The number of nitrogens with zero attached hydrogens (tertiary/aromatic N) is 5. The molecule has 3 aromatic heterocycles. The molecule has 5 aromatic rings. The van der Waals surface area contributed by atoms with E-state index in [1.807, 2.05) is 48.7 Å². The molecule has 0 atom stereocenters. The van der Waals surface area contributed by atoms with Crippen molar-refractivity contribution in [3.8, 4) is 22.7 Å². The number of methoxy groups -OCH3 is 1. The van der Waals surface area contributed by atoms with Gasteiger partial charge in [-0.3, -0.25) is 4.79 Å². The average molecular weight is 436 g/mol. The second kappa shape index (κ2) is 7.40. The van der Waals surface area contributed by atoms with Gasteiger partial charge in [0.25, 0.3) is 5.56 Å². The Labute approximate surface area is 179 Å². The SMILES string of the molecule is COc1ccc(-c2nn(-c3ccccc3)cc2C=c2sc3ncnn3c2=O)cc1Cl. The molecular weight excluding hydrogens is 422 g/mol. The van der Waals surface area contributed by atoms with Crippen LogP contribution in [0.5, 0.6) is 5.75 Å². The molecule has 148 valence electrons. The zero-order valence-corrected chi connectivity index (χ0v) is 17.3. The minimum absolute atomic E-state index is 0.210. The maximum absolute atomic E-state index is 12.6. The lowest BCUT2D eigenvalue weighted by Crippen LogP contribution is -2.23. The molecule has 0 bridgehead atoms. The minimum atomic E-state index is -0.210. The van der Waals surface area contributed by atoms with Gasteiger partial charge in [0, 0.05) is 17.3 Å². The van der Waals surface area contributed by atoms with Gasteiger partial charge < -0.3 is 4.74 Å². The van der Waals surface area contributed by atoms with Gasteiger partial charge in [-0.1, -0.05) is 41.1 Å². The highest BCUT2D eigenvalue weighted by Gasteiger charge is 2.14. The number of benzene rings is 2. The number of ether oxygens (including phenoxy) is 1. The highest BCUT2D eigenvalue weighted by Crippen LogP contribution is 2.31. The summed E-state index contributed by atoms with van der Waals surface area (Å²) in [6.45, 7) is 0. The molecule has 30 heavy (non-hydrogen) atoms. The Morgan fingerprint density at radius 3 is 2.73 bits per heavy atom. The van der Waals surface area contributed by atoms with Crippen molar-refractivity contribution in [3.63, 3.8) is 0 Å². The van der Waals surface area contributed by atoms with Crippen molar-refractivity contribution in [1.29, 1.82) is 0 Å². The van der Waals surface area contributed by atoms with Gasteiger partial charge in [0.05, 0.1) is 22.4 Å². The van der Waals surface area contributed by atoms with Crippen molar-refractivity contribution in [2.75, 3.05) is 7.11 Å². The van der Waals surface area contributed by atoms with Crippen LogP contribution in [0.4, 0.5) is 0 Å². The molecule has 2 aromatic carbocycles. The molecule has 0 N–H and O–H groups in total. The van der Waals surface area contributed by atoms with Gasteiger partial charge in [-0.2, -0.15) is 14.7 Å². The third-order valence-electron chi connectivity index (χ3n) is 4.60. The van der Waals surface area contributed by atoms with Crippen LogP contribution in [0.15, 0.2) is 65.8 Å². The third-order valence-corrected chi connectivity index (χ3v) is 5.86. The largest absolute Gasteiger partial charge is 0.495 e. The van der Waals surface area contributed by atoms with Crippen molar-refractivity contribution >= 4 is 34.0 Å². The molecule has 0 aliphatic carbocycles. The van der Waals surface area contributed by atoms with Gasteiger partial charge in [-0.15, -0.1) is 0 Å². The third kappa shape index (κ3) is 3.16. The zero-order chi connectivity index (χ0) is 20.7. The minimum Gasteiger partial charge on any atom is -0.495 e. The molecule has 5 rings (SSSR count). The standard InChI is InChI=1S/C21H14ClN5O2S/c1-29-17-8-7-13(9-16(17)22)19-14(11-26(25-19)15-5-3-2-4-6-15)10-18-20(28)27-21(30-18)23-12-24-27/h2-12H,1H3. The molecule has 0 fully saturated rings. The number of hydrogen-bond donors (Lipinski definition) is 0. The molecule has 0 saturated heterocycles. The van der Waals surface area contributed by atoms with Crippen molar-refractivity contribution in [2.24, 2.45) is 0 Å². The fourth-order valence-electron chi connectivity index (χ4n) is 3.16. The Hall–Kier alpha value is -3.49.